The second kappa shape index (κ2) is 5.37. The van der Waals surface area contributed by atoms with Gasteiger partial charge in [0, 0.05) is 12.5 Å². The first-order valence-electron chi connectivity index (χ1n) is 5.77. The maximum Gasteiger partial charge on any atom is 0.407 e. The van der Waals surface area contributed by atoms with E-state index in [1.54, 1.807) is 20.8 Å². The van der Waals surface area contributed by atoms with Gasteiger partial charge in [0.2, 0.25) is 0 Å². The Kier molecular flexibility index (Phi) is 4.32. The summed E-state index contributed by atoms with van der Waals surface area (Å²) in [5.41, 5.74) is -0.654. The van der Waals surface area contributed by atoms with Crippen LogP contribution in [-0.2, 0) is 9.53 Å². The highest BCUT2D eigenvalue weighted by molar-refractivity contribution is 5.75. The van der Waals surface area contributed by atoms with E-state index in [0.717, 1.165) is 6.08 Å². The van der Waals surface area contributed by atoms with Crippen LogP contribution in [0.4, 0.5) is 9.18 Å². The Hall–Kier alpha value is -1.59. The van der Waals surface area contributed by atoms with Crippen LogP contribution in [0.3, 0.4) is 0 Å². The molecule has 0 heterocycles. The van der Waals surface area contributed by atoms with Crippen LogP contribution < -0.4 is 5.32 Å². The van der Waals surface area contributed by atoms with Gasteiger partial charge in [-0.15, -0.1) is 0 Å². The number of allylic oxidation sites excluding steroid dienone is 1. The number of halogens is 1. The molecule has 2 atom stereocenters. The summed E-state index contributed by atoms with van der Waals surface area (Å²) in [7, 11) is 0. The van der Waals surface area contributed by atoms with E-state index in [1.807, 2.05) is 0 Å². The van der Waals surface area contributed by atoms with Crippen molar-refractivity contribution < 1.29 is 23.8 Å². The van der Waals surface area contributed by atoms with Crippen molar-refractivity contribution in [2.24, 2.45) is 5.92 Å². The van der Waals surface area contributed by atoms with Crippen molar-refractivity contribution in [2.45, 2.75) is 45.3 Å². The molecule has 0 fully saturated rings. The van der Waals surface area contributed by atoms with Gasteiger partial charge in [-0.25, -0.2) is 9.18 Å². The van der Waals surface area contributed by atoms with Crippen LogP contribution in [0.1, 0.15) is 33.6 Å². The third kappa shape index (κ3) is 4.35. The van der Waals surface area contributed by atoms with Gasteiger partial charge in [0.05, 0.1) is 11.7 Å². The van der Waals surface area contributed by atoms with Crippen molar-refractivity contribution in [3.8, 4) is 0 Å². The van der Waals surface area contributed by atoms with Crippen LogP contribution in [0.25, 0.3) is 0 Å². The van der Waals surface area contributed by atoms with Crippen LogP contribution >= 0.6 is 0 Å². The maximum atomic E-state index is 13.0. The first-order valence-corrected chi connectivity index (χ1v) is 5.77. The molecular weight excluding hydrogens is 241 g/mol. The second-order valence-corrected chi connectivity index (χ2v) is 5.27. The van der Waals surface area contributed by atoms with Gasteiger partial charge in [0.1, 0.15) is 5.60 Å². The summed E-state index contributed by atoms with van der Waals surface area (Å²) in [5.74, 6) is -2.66. The lowest BCUT2D eigenvalue weighted by Gasteiger charge is -2.28. The standard InChI is InChI=1S/C12H18FNO4/c1-12(2,3)18-11(17)14-9-5-4-7(13)6-8(9)10(15)16/h6,8-9H,4-5H2,1-3H3,(H,14,17)(H,15,16)/t8-,9-/m0/s1. The number of ether oxygens (including phenoxy) is 1. The molecule has 1 amide bonds. The molecule has 5 nitrogen and oxygen atoms in total. The molecule has 2 N–H and O–H groups in total. The SMILES string of the molecule is CC(C)(C)OC(=O)N[C@H]1CCC(F)=C[C@@H]1C(=O)O. The highest BCUT2D eigenvalue weighted by atomic mass is 19.1. The van der Waals surface area contributed by atoms with E-state index in [1.165, 1.54) is 0 Å². The monoisotopic (exact) mass is 259 g/mol. The Morgan fingerprint density at radius 3 is 2.61 bits per heavy atom. The molecule has 0 bridgehead atoms. The molecule has 0 aromatic heterocycles. The quantitative estimate of drug-likeness (QED) is 0.797. The predicted molar refractivity (Wildman–Crippen MR) is 62.7 cm³/mol. The Morgan fingerprint density at radius 1 is 1.50 bits per heavy atom. The number of amides is 1. The maximum absolute atomic E-state index is 13.0. The second-order valence-electron chi connectivity index (χ2n) is 5.27. The molecule has 6 heteroatoms. The molecule has 1 aliphatic carbocycles. The summed E-state index contributed by atoms with van der Waals surface area (Å²) in [6, 6.07) is -0.642. The fourth-order valence-corrected chi connectivity index (χ4v) is 1.73. The van der Waals surface area contributed by atoms with Crippen LogP contribution in [-0.4, -0.2) is 28.8 Å². The molecule has 0 saturated heterocycles. The van der Waals surface area contributed by atoms with Crippen molar-refractivity contribution in [3.05, 3.63) is 11.9 Å². The topological polar surface area (TPSA) is 75.6 Å². The van der Waals surface area contributed by atoms with Gasteiger partial charge >= 0.3 is 12.1 Å². The minimum absolute atomic E-state index is 0.129. The summed E-state index contributed by atoms with van der Waals surface area (Å²) >= 11 is 0. The van der Waals surface area contributed by atoms with Gasteiger partial charge in [0.25, 0.3) is 0 Å². The number of carbonyl (C=O) groups is 2. The zero-order chi connectivity index (χ0) is 13.9. The van der Waals surface area contributed by atoms with E-state index in [4.69, 9.17) is 9.84 Å². The molecule has 0 aliphatic heterocycles. The predicted octanol–water partition coefficient (Wildman–Crippen LogP) is 2.23. The van der Waals surface area contributed by atoms with Crippen molar-refractivity contribution in [2.75, 3.05) is 0 Å². The summed E-state index contributed by atoms with van der Waals surface area (Å²) < 4.78 is 18.1. The molecule has 0 spiro atoms. The minimum Gasteiger partial charge on any atom is -0.481 e. The third-order valence-corrected chi connectivity index (χ3v) is 2.48. The van der Waals surface area contributed by atoms with Gasteiger partial charge in [0.15, 0.2) is 0 Å². The Bertz CT molecular complexity index is 373. The lowest BCUT2D eigenvalue weighted by atomic mass is 9.90. The summed E-state index contributed by atoms with van der Waals surface area (Å²) in [6.45, 7) is 5.13. The molecule has 0 unspecified atom stereocenters. The number of carboxylic acids is 1. The largest absolute Gasteiger partial charge is 0.481 e. The lowest BCUT2D eigenvalue weighted by molar-refractivity contribution is -0.141. The first-order chi connectivity index (χ1) is 8.19. The van der Waals surface area contributed by atoms with Crippen LogP contribution in [0, 0.1) is 5.92 Å². The van der Waals surface area contributed by atoms with Crippen molar-refractivity contribution >= 4 is 12.1 Å². The Labute approximate surface area is 105 Å². The molecular formula is C12H18FNO4. The fraction of sp³-hybridized carbons (Fsp3) is 0.667. The number of nitrogens with one attached hydrogen (secondary N) is 1. The first kappa shape index (κ1) is 14.5. The van der Waals surface area contributed by atoms with E-state index < -0.39 is 35.5 Å². The van der Waals surface area contributed by atoms with Gasteiger partial charge in [-0.3, -0.25) is 4.79 Å². The molecule has 0 aromatic rings. The molecule has 1 aliphatic rings. The zero-order valence-corrected chi connectivity index (χ0v) is 10.7. The average molecular weight is 259 g/mol. The van der Waals surface area contributed by atoms with Crippen LogP contribution in [0.2, 0.25) is 0 Å². The number of aliphatic carboxylic acids is 1. The summed E-state index contributed by atoms with van der Waals surface area (Å²) in [5, 5.41) is 11.4. The van der Waals surface area contributed by atoms with E-state index >= 15 is 0 Å². The van der Waals surface area contributed by atoms with Crippen LogP contribution in [0.5, 0.6) is 0 Å². The molecule has 1 rings (SSSR count). The van der Waals surface area contributed by atoms with Crippen LogP contribution in [0.15, 0.2) is 11.9 Å². The lowest BCUT2D eigenvalue weighted by Crippen LogP contribution is -2.46. The number of carbonyl (C=O) groups excluding carboxylic acids is 1. The third-order valence-electron chi connectivity index (χ3n) is 2.48. The van der Waals surface area contributed by atoms with E-state index in [-0.39, 0.29) is 12.8 Å². The summed E-state index contributed by atoms with van der Waals surface area (Å²) in [6.07, 6.45) is 0.728. The van der Waals surface area contributed by atoms with Gasteiger partial charge in [-0.1, -0.05) is 0 Å². The fourth-order valence-electron chi connectivity index (χ4n) is 1.73. The number of carboxylic acid groups (broad SMARTS) is 1. The minimum atomic E-state index is -1.16. The van der Waals surface area contributed by atoms with E-state index in [0.29, 0.717) is 0 Å². The number of rotatable bonds is 2. The van der Waals surface area contributed by atoms with E-state index in [9.17, 15) is 14.0 Å². The molecule has 0 radical (unpaired) electrons. The zero-order valence-electron chi connectivity index (χ0n) is 10.7. The highest BCUT2D eigenvalue weighted by Crippen LogP contribution is 2.24. The normalized spacial score (nSPS) is 24.1. The Balaban J connectivity index is 2.66. The molecule has 18 heavy (non-hydrogen) atoms. The smallest absolute Gasteiger partial charge is 0.407 e. The Morgan fingerprint density at radius 2 is 2.11 bits per heavy atom. The van der Waals surface area contributed by atoms with E-state index in [2.05, 4.69) is 5.32 Å². The number of hydrogen-bond donors (Lipinski definition) is 2. The molecule has 0 saturated carbocycles. The van der Waals surface area contributed by atoms with Gasteiger partial charge in [-0.2, -0.15) is 0 Å². The average Bonchev–Trinajstić information content (AvgIpc) is 2.17. The van der Waals surface area contributed by atoms with Gasteiger partial charge < -0.3 is 15.2 Å². The van der Waals surface area contributed by atoms with Crippen molar-refractivity contribution in [1.29, 1.82) is 0 Å². The van der Waals surface area contributed by atoms with Crippen molar-refractivity contribution in [1.82, 2.24) is 5.32 Å². The summed E-state index contributed by atoms with van der Waals surface area (Å²) in [4.78, 5) is 22.5. The highest BCUT2D eigenvalue weighted by Gasteiger charge is 2.32. The number of hydrogen-bond acceptors (Lipinski definition) is 3. The molecule has 102 valence electrons. The molecule has 0 aromatic carbocycles. The van der Waals surface area contributed by atoms with Gasteiger partial charge in [-0.05, 0) is 33.3 Å². The number of alkyl carbamates (subject to hydrolysis) is 1. The van der Waals surface area contributed by atoms with Crippen molar-refractivity contribution in [3.63, 3.8) is 0 Å².